The lowest BCUT2D eigenvalue weighted by atomic mass is 9.92. The largest absolute Gasteiger partial charge is 0.394 e. The minimum Gasteiger partial charge on any atom is -0.394 e. The maximum absolute atomic E-state index is 13.7. The zero-order valence-corrected chi connectivity index (χ0v) is 18.8. The van der Waals surface area contributed by atoms with Crippen molar-refractivity contribution in [2.45, 2.75) is 37.4 Å². The van der Waals surface area contributed by atoms with Crippen LogP contribution < -0.4 is 0 Å². The fourth-order valence-corrected chi connectivity index (χ4v) is 4.29. The molecule has 4 aromatic rings. The number of hydrogen-bond donors (Lipinski definition) is 3. The summed E-state index contributed by atoms with van der Waals surface area (Å²) in [6, 6.07) is 7.70. The Morgan fingerprint density at radius 2 is 1.81 bits per heavy atom. The molecule has 5 atom stereocenters. The van der Waals surface area contributed by atoms with Gasteiger partial charge in [-0.05, 0) is 36.8 Å². The Hall–Kier alpha value is -3.65. The van der Waals surface area contributed by atoms with Crippen LogP contribution in [-0.2, 0) is 4.74 Å². The maximum Gasteiger partial charge on any atom is 0.194 e. The minimum atomic E-state index is -1.62. The standard InChI is InChI=1S/C23H21F3N6O4/c1-11-3-2-4-13(5-11)32-23(27-10-28-32)22-21(35)19(20(34)17(9-33)36-22)31-8-16(29-30-31)12-6-14(24)18(26)15(25)7-12/h2-8,10,17,19-22,33-35H,9H2,1H3/t17-,19+,20+,21-,22-/m1/s1. The summed E-state index contributed by atoms with van der Waals surface area (Å²) in [5.74, 6) is -4.21. The fourth-order valence-electron chi connectivity index (χ4n) is 4.29. The average molecular weight is 502 g/mol. The summed E-state index contributed by atoms with van der Waals surface area (Å²) in [7, 11) is 0. The van der Waals surface area contributed by atoms with Crippen LogP contribution in [0, 0.1) is 24.4 Å². The molecule has 10 nitrogen and oxygen atoms in total. The highest BCUT2D eigenvalue weighted by atomic mass is 19.2. The Balaban J connectivity index is 1.52. The molecular weight excluding hydrogens is 481 g/mol. The van der Waals surface area contributed by atoms with Crippen LogP contribution in [0.4, 0.5) is 13.2 Å². The van der Waals surface area contributed by atoms with Crippen molar-refractivity contribution in [2.24, 2.45) is 0 Å². The molecular formula is C23H21F3N6O4. The molecule has 0 bridgehead atoms. The summed E-state index contributed by atoms with van der Waals surface area (Å²) < 4.78 is 49.2. The lowest BCUT2D eigenvalue weighted by Crippen LogP contribution is -2.53. The summed E-state index contributed by atoms with van der Waals surface area (Å²) >= 11 is 0. The molecule has 2 aromatic carbocycles. The second-order valence-corrected chi connectivity index (χ2v) is 8.46. The first-order valence-corrected chi connectivity index (χ1v) is 10.9. The molecule has 0 unspecified atom stereocenters. The molecule has 1 fully saturated rings. The molecule has 3 N–H and O–H groups in total. The van der Waals surface area contributed by atoms with Gasteiger partial charge in [0.1, 0.15) is 42.5 Å². The molecule has 0 aliphatic carbocycles. The van der Waals surface area contributed by atoms with E-state index in [4.69, 9.17) is 4.74 Å². The molecule has 5 rings (SSSR count). The summed E-state index contributed by atoms with van der Waals surface area (Å²) in [6.45, 7) is 1.32. The Morgan fingerprint density at radius 1 is 1.06 bits per heavy atom. The van der Waals surface area contributed by atoms with Crippen molar-refractivity contribution < 1.29 is 33.2 Å². The molecule has 3 heterocycles. The molecule has 1 aliphatic rings. The summed E-state index contributed by atoms with van der Waals surface area (Å²) in [6.07, 6.45) is -2.65. The average Bonchev–Trinajstić information content (AvgIpc) is 3.53. The first kappa shape index (κ1) is 24.1. The van der Waals surface area contributed by atoms with Gasteiger partial charge in [0.25, 0.3) is 0 Å². The van der Waals surface area contributed by atoms with Gasteiger partial charge in [-0.15, -0.1) is 5.10 Å². The number of ether oxygens (including phenoxy) is 1. The number of halogens is 3. The van der Waals surface area contributed by atoms with Gasteiger partial charge in [0, 0.05) is 5.56 Å². The number of nitrogens with zero attached hydrogens (tertiary/aromatic N) is 6. The molecule has 0 spiro atoms. The van der Waals surface area contributed by atoms with Gasteiger partial charge in [-0.1, -0.05) is 17.3 Å². The summed E-state index contributed by atoms with van der Waals surface area (Å²) in [5, 5.41) is 43.9. The molecule has 2 aromatic heterocycles. The van der Waals surface area contributed by atoms with E-state index < -0.39 is 54.5 Å². The smallest absolute Gasteiger partial charge is 0.194 e. The third-order valence-corrected chi connectivity index (χ3v) is 6.06. The molecule has 0 amide bonds. The van der Waals surface area contributed by atoms with E-state index in [1.54, 1.807) is 6.07 Å². The third kappa shape index (κ3) is 4.15. The second-order valence-electron chi connectivity index (χ2n) is 8.46. The predicted molar refractivity (Wildman–Crippen MR) is 117 cm³/mol. The van der Waals surface area contributed by atoms with Crippen LogP contribution in [0.1, 0.15) is 23.5 Å². The summed E-state index contributed by atoms with van der Waals surface area (Å²) in [5.41, 5.74) is 1.50. The van der Waals surface area contributed by atoms with Crippen molar-refractivity contribution in [1.82, 2.24) is 29.8 Å². The van der Waals surface area contributed by atoms with Crippen LogP contribution in [0.15, 0.2) is 48.9 Å². The van der Waals surface area contributed by atoms with Gasteiger partial charge >= 0.3 is 0 Å². The van der Waals surface area contributed by atoms with Crippen molar-refractivity contribution in [2.75, 3.05) is 6.61 Å². The van der Waals surface area contributed by atoms with E-state index in [2.05, 4.69) is 20.4 Å². The lowest BCUT2D eigenvalue weighted by Gasteiger charge is -2.41. The van der Waals surface area contributed by atoms with Gasteiger partial charge in [-0.3, -0.25) is 0 Å². The van der Waals surface area contributed by atoms with Crippen molar-refractivity contribution in [3.63, 3.8) is 0 Å². The molecule has 13 heteroatoms. The first-order chi connectivity index (χ1) is 17.3. The van der Waals surface area contributed by atoms with E-state index in [0.29, 0.717) is 5.69 Å². The van der Waals surface area contributed by atoms with Crippen molar-refractivity contribution in [3.05, 3.63) is 77.8 Å². The SMILES string of the molecule is Cc1cccc(-n2ncnc2[C@@H]2O[C@H](CO)[C@H](O)[C@H](n3cc(-c4cc(F)c(F)c(F)c4)nn3)[C@H]2O)c1. The monoisotopic (exact) mass is 502 g/mol. The Labute approximate surface area is 202 Å². The minimum absolute atomic E-state index is 0.0290. The van der Waals surface area contributed by atoms with E-state index in [1.165, 1.54) is 17.2 Å². The Morgan fingerprint density at radius 3 is 2.50 bits per heavy atom. The van der Waals surface area contributed by atoms with Crippen LogP contribution in [0.5, 0.6) is 0 Å². The van der Waals surface area contributed by atoms with E-state index in [1.807, 2.05) is 25.1 Å². The quantitative estimate of drug-likeness (QED) is 0.351. The third-order valence-electron chi connectivity index (χ3n) is 6.06. The van der Waals surface area contributed by atoms with E-state index in [9.17, 15) is 28.5 Å². The normalized spacial score (nSPS) is 24.2. The van der Waals surface area contributed by atoms with Crippen LogP contribution >= 0.6 is 0 Å². The first-order valence-electron chi connectivity index (χ1n) is 10.9. The number of hydrogen-bond acceptors (Lipinski definition) is 8. The van der Waals surface area contributed by atoms with Gasteiger partial charge in [-0.2, -0.15) is 5.10 Å². The Bertz CT molecular complexity index is 1370. The van der Waals surface area contributed by atoms with Crippen molar-refractivity contribution >= 4 is 0 Å². The van der Waals surface area contributed by atoms with Gasteiger partial charge in [0.15, 0.2) is 23.3 Å². The van der Waals surface area contributed by atoms with Crippen LogP contribution in [-0.4, -0.2) is 70.0 Å². The molecule has 188 valence electrons. The maximum atomic E-state index is 13.7. The predicted octanol–water partition coefficient (Wildman–Crippen LogP) is 1.65. The van der Waals surface area contributed by atoms with Crippen molar-refractivity contribution in [1.29, 1.82) is 0 Å². The zero-order chi connectivity index (χ0) is 25.6. The molecule has 36 heavy (non-hydrogen) atoms. The fraction of sp³-hybridized carbons (Fsp3) is 0.304. The summed E-state index contributed by atoms with van der Waals surface area (Å²) in [4.78, 5) is 4.24. The van der Waals surface area contributed by atoms with Crippen LogP contribution in [0.25, 0.3) is 16.9 Å². The van der Waals surface area contributed by atoms with Crippen LogP contribution in [0.3, 0.4) is 0 Å². The van der Waals surface area contributed by atoms with Gasteiger partial charge in [0.2, 0.25) is 0 Å². The highest BCUT2D eigenvalue weighted by Crippen LogP contribution is 2.38. The van der Waals surface area contributed by atoms with Gasteiger partial charge < -0.3 is 20.1 Å². The lowest BCUT2D eigenvalue weighted by molar-refractivity contribution is -0.210. The highest BCUT2D eigenvalue weighted by molar-refractivity contribution is 5.58. The Kier molecular flexibility index (Phi) is 6.30. The van der Waals surface area contributed by atoms with Gasteiger partial charge in [0.05, 0.1) is 18.5 Å². The highest BCUT2D eigenvalue weighted by Gasteiger charge is 2.48. The number of benzene rings is 2. The van der Waals surface area contributed by atoms with E-state index in [-0.39, 0.29) is 17.1 Å². The van der Waals surface area contributed by atoms with Gasteiger partial charge in [-0.25, -0.2) is 27.5 Å². The zero-order valence-electron chi connectivity index (χ0n) is 18.8. The number of rotatable bonds is 5. The number of aliphatic hydroxyl groups is 3. The van der Waals surface area contributed by atoms with Crippen molar-refractivity contribution in [3.8, 4) is 16.9 Å². The van der Waals surface area contributed by atoms with E-state index in [0.717, 1.165) is 22.4 Å². The number of aromatic nitrogens is 6. The second kappa shape index (κ2) is 9.43. The van der Waals surface area contributed by atoms with Crippen LogP contribution in [0.2, 0.25) is 0 Å². The molecule has 0 saturated carbocycles. The number of aryl methyl sites for hydroxylation is 1. The van der Waals surface area contributed by atoms with E-state index >= 15 is 0 Å². The molecule has 0 radical (unpaired) electrons. The molecule has 1 saturated heterocycles. The molecule has 1 aliphatic heterocycles. The topological polar surface area (TPSA) is 131 Å². The number of aliphatic hydroxyl groups excluding tert-OH is 3.